The molecule has 0 spiro atoms. The number of carbonyl (C=O) groups excluding carboxylic acids is 4. The van der Waals surface area contributed by atoms with Gasteiger partial charge < -0.3 is 39.8 Å². The van der Waals surface area contributed by atoms with Crippen molar-refractivity contribution < 1.29 is 38.5 Å². The van der Waals surface area contributed by atoms with Gasteiger partial charge >= 0.3 is 0 Å². The second kappa shape index (κ2) is 23.9. The van der Waals surface area contributed by atoms with Crippen molar-refractivity contribution in [2.45, 2.75) is 90.7 Å². The number of thiazole rings is 1. The summed E-state index contributed by atoms with van der Waals surface area (Å²) in [5.74, 6) is -1.06. The van der Waals surface area contributed by atoms with Crippen molar-refractivity contribution >= 4 is 35.0 Å². The highest BCUT2D eigenvalue weighted by atomic mass is 32.1. The summed E-state index contributed by atoms with van der Waals surface area (Å²) in [5.41, 5.74) is 6.55. The van der Waals surface area contributed by atoms with E-state index in [-0.39, 0.29) is 69.0 Å². The Morgan fingerprint density at radius 1 is 0.815 bits per heavy atom. The molecular weight excluding hydrogens is 845 g/mol. The lowest BCUT2D eigenvalue weighted by molar-refractivity contribution is -0.144. The molecule has 350 valence electrons. The molecule has 0 saturated carbocycles. The summed E-state index contributed by atoms with van der Waals surface area (Å²) in [6, 6.07) is 27.4. The smallest absolute Gasteiger partial charge is 0.246 e. The topological polar surface area (TPSA) is 163 Å². The minimum Gasteiger partial charge on any atom is -0.391 e. The Morgan fingerprint density at radius 2 is 1.42 bits per heavy atom. The molecule has 2 aliphatic rings. The molecule has 3 heterocycles. The third kappa shape index (κ3) is 14.0. The first-order chi connectivity index (χ1) is 31.3. The lowest BCUT2D eigenvalue weighted by Gasteiger charge is -2.44. The van der Waals surface area contributed by atoms with Gasteiger partial charge in [-0.3, -0.25) is 24.1 Å². The summed E-state index contributed by atoms with van der Waals surface area (Å²) in [7, 11) is 0. The molecule has 3 N–H and O–H groups in total. The fraction of sp³-hybridized carbons (Fsp3) is 0.500. The maximum absolute atomic E-state index is 14.0. The Balaban J connectivity index is 0.835. The van der Waals surface area contributed by atoms with E-state index in [1.165, 1.54) is 16.0 Å². The monoisotopic (exact) mass is 910 g/mol. The maximum atomic E-state index is 14.0. The molecule has 4 amide bonds. The maximum Gasteiger partial charge on any atom is 0.246 e. The van der Waals surface area contributed by atoms with Gasteiger partial charge in [0.2, 0.25) is 23.6 Å². The molecule has 4 aromatic rings. The van der Waals surface area contributed by atoms with Crippen LogP contribution in [0.15, 0.2) is 90.4 Å². The van der Waals surface area contributed by atoms with Crippen LogP contribution in [0.2, 0.25) is 0 Å². The normalized spacial score (nSPS) is 18.5. The highest BCUT2D eigenvalue weighted by Crippen LogP contribution is 2.32. The number of benzene rings is 3. The first kappa shape index (κ1) is 49.4. The number of carbonyl (C=O) groups is 4. The number of rotatable bonds is 21. The largest absolute Gasteiger partial charge is 0.391 e. The number of aliphatic hydroxyl groups is 1. The number of β-amino-alcohol motifs (C(OH)–C–C–N with tert-alkyl or cyclic N) is 1. The molecule has 15 heteroatoms. The summed E-state index contributed by atoms with van der Waals surface area (Å²) in [6.07, 6.45) is -0.418. The van der Waals surface area contributed by atoms with Crippen molar-refractivity contribution in [2.75, 3.05) is 65.8 Å². The zero-order valence-corrected chi connectivity index (χ0v) is 39.3. The van der Waals surface area contributed by atoms with E-state index in [0.717, 1.165) is 28.2 Å². The number of hydrogen-bond donors (Lipinski definition) is 3. The van der Waals surface area contributed by atoms with Crippen LogP contribution in [0.3, 0.4) is 0 Å². The molecule has 0 unspecified atom stereocenters. The first-order valence-electron chi connectivity index (χ1n) is 22.7. The predicted octanol–water partition coefficient (Wildman–Crippen LogP) is 5.38. The molecule has 0 aliphatic carbocycles. The second-order valence-electron chi connectivity index (χ2n) is 17.9. The molecule has 0 radical (unpaired) electrons. The molecule has 4 atom stereocenters. The van der Waals surface area contributed by atoms with Crippen molar-refractivity contribution in [1.29, 1.82) is 0 Å². The molecule has 65 heavy (non-hydrogen) atoms. The molecule has 2 saturated heterocycles. The van der Waals surface area contributed by atoms with Crippen molar-refractivity contribution in [3.05, 3.63) is 113 Å². The van der Waals surface area contributed by atoms with Gasteiger partial charge in [-0.25, -0.2) is 4.98 Å². The molecule has 3 aromatic carbocycles. The number of aliphatic hydroxyl groups excluding tert-OH is 1. The van der Waals surface area contributed by atoms with Gasteiger partial charge in [0.25, 0.3) is 0 Å². The van der Waals surface area contributed by atoms with Gasteiger partial charge in [0.05, 0.1) is 74.3 Å². The van der Waals surface area contributed by atoms with E-state index in [1.807, 2.05) is 74.5 Å². The first-order valence-corrected chi connectivity index (χ1v) is 23.6. The van der Waals surface area contributed by atoms with Crippen LogP contribution in [0.1, 0.15) is 75.4 Å². The Kier molecular flexibility index (Phi) is 18.2. The molecule has 1 aromatic heterocycles. The summed E-state index contributed by atoms with van der Waals surface area (Å²) in [4.78, 5) is 64.7. The molecule has 14 nitrogen and oxygen atoms in total. The van der Waals surface area contributed by atoms with Gasteiger partial charge in [-0.1, -0.05) is 106 Å². The minimum absolute atomic E-state index is 0.00239. The molecule has 2 aliphatic heterocycles. The van der Waals surface area contributed by atoms with Crippen LogP contribution in [0.5, 0.6) is 0 Å². The van der Waals surface area contributed by atoms with E-state index >= 15 is 0 Å². The summed E-state index contributed by atoms with van der Waals surface area (Å²) < 4.78 is 17.0. The third-order valence-corrected chi connectivity index (χ3v) is 13.0. The van der Waals surface area contributed by atoms with E-state index in [9.17, 15) is 24.3 Å². The van der Waals surface area contributed by atoms with E-state index in [0.29, 0.717) is 45.9 Å². The number of aromatic nitrogens is 1. The molecule has 2 fully saturated rings. The highest BCUT2D eigenvalue weighted by molar-refractivity contribution is 7.13. The van der Waals surface area contributed by atoms with Gasteiger partial charge in [-0.2, -0.15) is 0 Å². The number of nitrogens with zero attached hydrogens (tertiary/aromatic N) is 4. The van der Waals surface area contributed by atoms with E-state index < -0.39 is 29.5 Å². The predicted molar refractivity (Wildman–Crippen MR) is 251 cm³/mol. The van der Waals surface area contributed by atoms with Crippen LogP contribution in [0.4, 0.5) is 0 Å². The molecule has 0 bridgehead atoms. The van der Waals surface area contributed by atoms with Gasteiger partial charge in [-0.05, 0) is 41.5 Å². The van der Waals surface area contributed by atoms with Crippen molar-refractivity contribution in [3.63, 3.8) is 0 Å². The Labute approximate surface area is 387 Å². The van der Waals surface area contributed by atoms with Crippen molar-refractivity contribution in [3.8, 4) is 10.4 Å². The third-order valence-electron chi connectivity index (χ3n) is 12.0. The fourth-order valence-corrected chi connectivity index (χ4v) is 9.28. The van der Waals surface area contributed by atoms with E-state index in [4.69, 9.17) is 14.2 Å². The van der Waals surface area contributed by atoms with Crippen molar-refractivity contribution in [2.24, 2.45) is 5.41 Å². The number of hydrogen-bond acceptors (Lipinski definition) is 11. The standard InChI is InChI=1S/C50H66N6O8S/c1-35-32-54(22-23-55(35)45(38-12-8-6-9-13-38)39-14-10-7-11-15-39)44(59)21-25-63-27-29-64-28-26-62-24-20-43(58)53-47(50(3,4)5)49(61)56-33-41(57)30-42(56)48(60)51-31-37-16-18-40(19-17-37)46-36(2)52-34-65-46/h6-19,34-35,41-42,45,47,57H,20-33H2,1-5H3,(H,51,60)(H,53,58)/t35-,41+,42-,47+/m0/s1. The fourth-order valence-electron chi connectivity index (χ4n) is 8.47. The lowest BCUT2D eigenvalue weighted by atomic mass is 9.85. The van der Waals surface area contributed by atoms with Crippen molar-refractivity contribution in [1.82, 2.24) is 30.3 Å². The van der Waals surface area contributed by atoms with E-state index in [1.54, 1.807) is 11.3 Å². The number of nitrogens with one attached hydrogen (secondary N) is 2. The van der Waals surface area contributed by atoms with Crippen LogP contribution < -0.4 is 10.6 Å². The number of amides is 4. The van der Waals surface area contributed by atoms with Crippen LogP contribution >= 0.6 is 11.3 Å². The number of aryl methyl sites for hydroxylation is 1. The molecule has 6 rings (SSSR count). The van der Waals surface area contributed by atoms with E-state index in [2.05, 4.69) is 76.0 Å². The number of piperazine rings is 1. The Hall–Kier alpha value is -5.03. The quantitative estimate of drug-likeness (QED) is 0.0927. The lowest BCUT2D eigenvalue weighted by Crippen LogP contribution is -2.57. The number of ether oxygens (including phenoxy) is 3. The molecular formula is C50H66N6O8S. The van der Waals surface area contributed by atoms with Gasteiger partial charge in [0.15, 0.2) is 0 Å². The van der Waals surface area contributed by atoms with Gasteiger partial charge in [-0.15, -0.1) is 11.3 Å². The Bertz CT molecular complexity index is 2090. The van der Waals surface area contributed by atoms with Gasteiger partial charge in [0.1, 0.15) is 12.1 Å². The minimum atomic E-state index is -0.927. The second-order valence-corrected chi connectivity index (χ2v) is 18.8. The number of likely N-dealkylation sites (tertiary alicyclic amines) is 1. The average Bonchev–Trinajstić information content (AvgIpc) is 3.92. The average molecular weight is 911 g/mol. The summed E-state index contributed by atoms with van der Waals surface area (Å²) in [6.45, 7) is 13.8. The highest BCUT2D eigenvalue weighted by Gasteiger charge is 2.44. The summed E-state index contributed by atoms with van der Waals surface area (Å²) in [5, 5.41) is 16.3. The van der Waals surface area contributed by atoms with Crippen LogP contribution in [-0.4, -0.2) is 138 Å². The van der Waals surface area contributed by atoms with Crippen LogP contribution in [0.25, 0.3) is 10.4 Å². The summed E-state index contributed by atoms with van der Waals surface area (Å²) >= 11 is 1.58. The zero-order chi connectivity index (χ0) is 46.3. The Morgan fingerprint density at radius 3 is 1.98 bits per heavy atom. The SMILES string of the molecule is Cc1ncsc1-c1ccc(CNC(=O)[C@@H]2C[C@@H](O)CN2C(=O)[C@@H](NC(=O)CCOCCOCCOCCC(=O)N2CCN(C(c3ccccc3)c3ccccc3)[C@@H](C)C2)C(C)(C)C)cc1. The zero-order valence-electron chi connectivity index (χ0n) is 38.4. The van der Waals surface area contributed by atoms with Crippen LogP contribution in [0, 0.1) is 12.3 Å². The van der Waals surface area contributed by atoms with Crippen LogP contribution in [-0.2, 0) is 39.9 Å². The van der Waals surface area contributed by atoms with Gasteiger partial charge in [0, 0.05) is 51.6 Å².